The van der Waals surface area contributed by atoms with E-state index < -0.39 is 0 Å². The number of rotatable bonds is 4. The number of hydrogen-bond acceptors (Lipinski definition) is 4. The molecule has 1 aromatic heterocycles. The lowest BCUT2D eigenvalue weighted by molar-refractivity contribution is -0.139. The van der Waals surface area contributed by atoms with E-state index >= 15 is 0 Å². The van der Waals surface area contributed by atoms with Crippen LogP contribution in [-0.2, 0) is 17.8 Å². The zero-order valence-electron chi connectivity index (χ0n) is 18.2. The van der Waals surface area contributed by atoms with Gasteiger partial charge in [-0.2, -0.15) is 0 Å². The quantitative estimate of drug-likeness (QED) is 0.824. The molecule has 1 amide bonds. The van der Waals surface area contributed by atoms with Gasteiger partial charge in [-0.15, -0.1) is 0 Å². The van der Waals surface area contributed by atoms with Gasteiger partial charge in [-0.1, -0.05) is 25.7 Å². The number of amides is 1. The molecule has 3 heterocycles. The molecule has 6 nitrogen and oxygen atoms in total. The molecule has 0 unspecified atom stereocenters. The molecule has 30 heavy (non-hydrogen) atoms. The van der Waals surface area contributed by atoms with Crippen molar-refractivity contribution < 1.29 is 4.79 Å². The maximum Gasteiger partial charge on any atom is 0.255 e. The number of carbonyl (C=O) groups is 1. The Hall–Kier alpha value is -1.69. The lowest BCUT2D eigenvalue weighted by Gasteiger charge is -2.36. The number of aromatic amines is 1. The van der Waals surface area contributed by atoms with Crippen molar-refractivity contribution in [1.82, 2.24) is 19.8 Å². The van der Waals surface area contributed by atoms with E-state index in [0.29, 0.717) is 5.91 Å². The zero-order valence-corrected chi connectivity index (χ0v) is 18.2. The van der Waals surface area contributed by atoms with Crippen LogP contribution in [0.1, 0.15) is 87.2 Å². The topological polar surface area (TPSA) is 69.3 Å². The van der Waals surface area contributed by atoms with Gasteiger partial charge >= 0.3 is 0 Å². The molecule has 2 aliphatic carbocycles. The van der Waals surface area contributed by atoms with Gasteiger partial charge in [-0.3, -0.25) is 14.5 Å². The fourth-order valence-corrected chi connectivity index (χ4v) is 5.87. The highest BCUT2D eigenvalue weighted by molar-refractivity contribution is 5.79. The molecule has 5 rings (SSSR count). The lowest BCUT2D eigenvalue weighted by atomic mass is 9.83. The summed E-state index contributed by atoms with van der Waals surface area (Å²) in [5.41, 5.74) is 1.97. The van der Waals surface area contributed by atoms with Crippen molar-refractivity contribution in [3.8, 4) is 0 Å². The summed E-state index contributed by atoms with van der Waals surface area (Å²) in [6.07, 6.45) is 12.9. The van der Waals surface area contributed by atoms with E-state index in [4.69, 9.17) is 4.98 Å². The molecular formula is C24H36N4O2. The van der Waals surface area contributed by atoms with Gasteiger partial charge in [0.25, 0.3) is 5.56 Å². The normalized spacial score (nSPS) is 24.5. The summed E-state index contributed by atoms with van der Waals surface area (Å²) in [5, 5.41) is 0. The summed E-state index contributed by atoms with van der Waals surface area (Å²) in [6.45, 7) is 4.51. The van der Waals surface area contributed by atoms with E-state index in [-0.39, 0.29) is 17.4 Å². The predicted molar refractivity (Wildman–Crippen MR) is 116 cm³/mol. The summed E-state index contributed by atoms with van der Waals surface area (Å²) in [5.74, 6) is 2.56. The molecule has 2 aliphatic heterocycles. The fraction of sp³-hybridized carbons (Fsp3) is 0.792. The minimum absolute atomic E-state index is 0.0660. The van der Waals surface area contributed by atoms with Gasteiger partial charge in [-0.25, -0.2) is 4.98 Å². The second-order valence-corrected chi connectivity index (χ2v) is 10.1. The Morgan fingerprint density at radius 2 is 1.73 bits per heavy atom. The second-order valence-electron chi connectivity index (χ2n) is 10.1. The number of nitrogens with zero attached hydrogens (tertiary/aromatic N) is 3. The predicted octanol–water partition coefficient (Wildman–Crippen LogP) is 3.21. The third-order valence-electron chi connectivity index (χ3n) is 8.05. The summed E-state index contributed by atoms with van der Waals surface area (Å²) in [7, 11) is 0. The molecule has 0 radical (unpaired) electrons. The molecule has 164 valence electrons. The second kappa shape index (κ2) is 8.81. The van der Waals surface area contributed by atoms with Gasteiger partial charge in [0.15, 0.2) is 0 Å². The maximum absolute atomic E-state index is 12.9. The van der Waals surface area contributed by atoms with Gasteiger partial charge in [0.05, 0.1) is 11.3 Å². The van der Waals surface area contributed by atoms with Crippen LogP contribution in [0.5, 0.6) is 0 Å². The Balaban J connectivity index is 1.21. The highest BCUT2D eigenvalue weighted by Crippen LogP contribution is 2.32. The van der Waals surface area contributed by atoms with Gasteiger partial charge in [0.2, 0.25) is 5.91 Å². The summed E-state index contributed by atoms with van der Waals surface area (Å²) in [4.78, 5) is 37.9. The third-order valence-corrected chi connectivity index (χ3v) is 8.05. The summed E-state index contributed by atoms with van der Waals surface area (Å²) >= 11 is 0. The van der Waals surface area contributed by atoms with Gasteiger partial charge < -0.3 is 9.88 Å². The standard InChI is InChI=1S/C24H36N4O2/c29-23-20-16-27(15-17-5-2-1-3-6-17)12-11-21(20)25-22(26-23)18-9-13-28(14-10-18)24(30)19-7-4-8-19/h17-19H,1-16H2,(H,25,26,29). The van der Waals surface area contributed by atoms with E-state index in [2.05, 4.69) is 9.88 Å². The van der Waals surface area contributed by atoms with Crippen molar-refractivity contribution in [3.63, 3.8) is 0 Å². The monoisotopic (exact) mass is 412 g/mol. The van der Waals surface area contributed by atoms with Crippen molar-refractivity contribution in [3.05, 3.63) is 27.4 Å². The van der Waals surface area contributed by atoms with Crippen LogP contribution >= 0.6 is 0 Å². The molecule has 0 bridgehead atoms. The van der Waals surface area contributed by atoms with Crippen LogP contribution in [0.15, 0.2) is 4.79 Å². The van der Waals surface area contributed by atoms with Crippen molar-refractivity contribution in [2.75, 3.05) is 26.2 Å². The first-order valence-electron chi connectivity index (χ1n) is 12.3. The Bertz CT molecular complexity index is 817. The molecule has 6 heteroatoms. The van der Waals surface area contributed by atoms with Crippen LogP contribution in [0.25, 0.3) is 0 Å². The smallest absolute Gasteiger partial charge is 0.255 e. The van der Waals surface area contributed by atoms with Gasteiger partial charge in [0.1, 0.15) is 5.82 Å². The number of H-pyrrole nitrogens is 1. The van der Waals surface area contributed by atoms with Gasteiger partial charge in [-0.05, 0) is 44.4 Å². The number of aromatic nitrogens is 2. The van der Waals surface area contributed by atoms with E-state index in [1.807, 2.05) is 4.90 Å². The third kappa shape index (κ3) is 4.20. The number of piperidine rings is 1. The van der Waals surface area contributed by atoms with Crippen molar-refractivity contribution >= 4 is 5.91 Å². The van der Waals surface area contributed by atoms with E-state index in [1.165, 1.54) is 38.5 Å². The van der Waals surface area contributed by atoms with Crippen molar-refractivity contribution in [1.29, 1.82) is 0 Å². The first-order valence-corrected chi connectivity index (χ1v) is 12.3. The summed E-state index contributed by atoms with van der Waals surface area (Å²) in [6, 6.07) is 0. The van der Waals surface area contributed by atoms with Crippen LogP contribution in [0, 0.1) is 11.8 Å². The van der Waals surface area contributed by atoms with E-state index in [1.54, 1.807) is 0 Å². The molecule has 1 aromatic rings. The lowest BCUT2D eigenvalue weighted by Crippen LogP contribution is -2.43. The number of hydrogen-bond donors (Lipinski definition) is 1. The Morgan fingerprint density at radius 3 is 2.43 bits per heavy atom. The van der Waals surface area contributed by atoms with Crippen molar-refractivity contribution in [2.45, 2.75) is 83.1 Å². The number of fused-ring (bicyclic) bond motifs is 1. The van der Waals surface area contributed by atoms with Crippen LogP contribution in [0.4, 0.5) is 0 Å². The van der Waals surface area contributed by atoms with Crippen molar-refractivity contribution in [2.24, 2.45) is 11.8 Å². The summed E-state index contributed by atoms with van der Waals surface area (Å²) < 4.78 is 0. The van der Waals surface area contributed by atoms with E-state index in [0.717, 1.165) is 87.8 Å². The van der Waals surface area contributed by atoms with Crippen LogP contribution in [-0.4, -0.2) is 51.9 Å². The molecule has 3 fully saturated rings. The molecule has 0 aromatic carbocycles. The molecule has 0 spiro atoms. The minimum Gasteiger partial charge on any atom is -0.342 e. The minimum atomic E-state index is 0.0660. The SMILES string of the molecule is O=C(C1CCC1)N1CCC(c2nc3c(c(=O)[nH]2)CN(CC2CCCCC2)CC3)CC1. The molecule has 1 saturated heterocycles. The molecule has 4 aliphatic rings. The average molecular weight is 413 g/mol. The molecule has 2 saturated carbocycles. The number of likely N-dealkylation sites (tertiary alicyclic amines) is 1. The Labute approximate surface area is 179 Å². The largest absolute Gasteiger partial charge is 0.342 e. The highest BCUT2D eigenvalue weighted by atomic mass is 16.2. The van der Waals surface area contributed by atoms with Crippen LogP contribution in [0.2, 0.25) is 0 Å². The zero-order chi connectivity index (χ0) is 20.5. The van der Waals surface area contributed by atoms with Gasteiger partial charge in [0, 0.05) is 51.0 Å². The average Bonchev–Trinajstić information content (AvgIpc) is 2.74. The number of carbonyl (C=O) groups excluding carboxylic acids is 1. The first kappa shape index (κ1) is 20.2. The Morgan fingerprint density at radius 1 is 0.967 bits per heavy atom. The first-order chi connectivity index (χ1) is 14.7. The molecule has 1 N–H and O–H groups in total. The molecular weight excluding hydrogens is 376 g/mol. The van der Waals surface area contributed by atoms with Crippen LogP contribution in [0.3, 0.4) is 0 Å². The fourth-order valence-electron chi connectivity index (χ4n) is 5.87. The number of nitrogens with one attached hydrogen (secondary N) is 1. The maximum atomic E-state index is 12.9. The highest BCUT2D eigenvalue weighted by Gasteiger charge is 2.33. The molecule has 0 atom stereocenters. The van der Waals surface area contributed by atoms with Crippen LogP contribution < -0.4 is 5.56 Å². The Kier molecular flexibility index (Phi) is 5.94. The van der Waals surface area contributed by atoms with E-state index in [9.17, 15) is 9.59 Å².